The van der Waals surface area contributed by atoms with E-state index in [9.17, 15) is 18.0 Å². The van der Waals surface area contributed by atoms with Gasteiger partial charge in [0, 0.05) is 25.1 Å². The minimum absolute atomic E-state index is 0.0752. The van der Waals surface area contributed by atoms with Crippen molar-refractivity contribution < 1.29 is 22.7 Å². The number of amides is 1. The summed E-state index contributed by atoms with van der Waals surface area (Å²) < 4.78 is 45.2. The summed E-state index contributed by atoms with van der Waals surface area (Å²) >= 11 is 0. The molecule has 0 N–H and O–H groups in total. The second-order valence-electron chi connectivity index (χ2n) is 6.01. The predicted molar refractivity (Wildman–Crippen MR) is 84.7 cm³/mol. The number of hydrogen-bond donors (Lipinski definition) is 0. The fourth-order valence-electron chi connectivity index (χ4n) is 2.85. The lowest BCUT2D eigenvalue weighted by molar-refractivity contribution is 0.0622. The van der Waals surface area contributed by atoms with Crippen LogP contribution in [0.3, 0.4) is 0 Å². The Labute approximate surface area is 143 Å². The average Bonchev–Trinajstić information content (AvgIpc) is 2.61. The maximum absolute atomic E-state index is 13.7. The van der Waals surface area contributed by atoms with E-state index in [0.717, 1.165) is 19.0 Å². The molecular formula is C18H17F3N2O2. The maximum atomic E-state index is 13.7. The number of benzene rings is 1. The molecule has 132 valence electrons. The Morgan fingerprint density at radius 2 is 1.96 bits per heavy atom. The lowest BCUT2D eigenvalue weighted by Gasteiger charge is -2.32. The van der Waals surface area contributed by atoms with Gasteiger partial charge in [0.05, 0.1) is 12.8 Å². The summed E-state index contributed by atoms with van der Waals surface area (Å²) in [6, 6.07) is 6.36. The lowest BCUT2D eigenvalue weighted by Crippen LogP contribution is -2.42. The van der Waals surface area contributed by atoms with Gasteiger partial charge in [-0.1, -0.05) is 0 Å². The van der Waals surface area contributed by atoms with Crippen LogP contribution in [0.1, 0.15) is 23.3 Å². The van der Waals surface area contributed by atoms with E-state index in [1.165, 1.54) is 17.0 Å². The Hall–Kier alpha value is -2.57. The summed E-state index contributed by atoms with van der Waals surface area (Å²) in [5.74, 6) is -2.05. The lowest BCUT2D eigenvalue weighted by atomic mass is 9.98. The van der Waals surface area contributed by atoms with Gasteiger partial charge >= 0.3 is 0 Å². The number of hydrogen-bond acceptors (Lipinski definition) is 3. The van der Waals surface area contributed by atoms with Crippen LogP contribution in [0.4, 0.5) is 13.2 Å². The highest BCUT2D eigenvalue weighted by molar-refractivity contribution is 5.92. The third-order valence-electron chi connectivity index (χ3n) is 4.12. The monoisotopic (exact) mass is 350 g/mol. The summed E-state index contributed by atoms with van der Waals surface area (Å²) in [5, 5.41) is 0. The average molecular weight is 350 g/mol. The first-order chi connectivity index (χ1) is 12.0. The number of rotatable bonds is 4. The van der Waals surface area contributed by atoms with E-state index in [-0.39, 0.29) is 17.4 Å². The highest BCUT2D eigenvalue weighted by atomic mass is 19.1. The largest absolute Gasteiger partial charge is 0.493 e. The first kappa shape index (κ1) is 17.3. The molecule has 4 nitrogen and oxygen atoms in total. The van der Waals surface area contributed by atoms with E-state index in [1.54, 1.807) is 12.1 Å². The first-order valence-electron chi connectivity index (χ1n) is 8.01. The zero-order valence-corrected chi connectivity index (χ0v) is 13.4. The van der Waals surface area contributed by atoms with E-state index >= 15 is 0 Å². The van der Waals surface area contributed by atoms with Crippen molar-refractivity contribution in [2.45, 2.75) is 12.8 Å². The SMILES string of the molecule is O=C(c1ncc(F)cc1F)N1CCCC(COc2ccc(F)cc2)C1. The number of ether oxygens (including phenoxy) is 1. The summed E-state index contributed by atoms with van der Waals surface area (Å²) in [5.41, 5.74) is -0.374. The second kappa shape index (κ2) is 7.55. The van der Waals surface area contributed by atoms with Gasteiger partial charge in [0.2, 0.25) is 0 Å². The standard InChI is InChI=1S/C18H17F3N2O2/c19-13-3-5-15(6-4-13)25-11-12-2-1-7-23(10-12)18(24)17-16(21)8-14(20)9-22-17/h3-6,8-9,12H,1-2,7,10-11H2. The molecule has 1 aliphatic rings. The molecule has 0 spiro atoms. The van der Waals surface area contributed by atoms with E-state index in [0.29, 0.717) is 31.5 Å². The number of pyridine rings is 1. The van der Waals surface area contributed by atoms with Crippen molar-refractivity contribution in [2.24, 2.45) is 5.92 Å². The van der Waals surface area contributed by atoms with Crippen LogP contribution in [0.15, 0.2) is 36.5 Å². The van der Waals surface area contributed by atoms with Crippen LogP contribution in [-0.4, -0.2) is 35.5 Å². The van der Waals surface area contributed by atoms with Gasteiger partial charge < -0.3 is 9.64 Å². The van der Waals surface area contributed by atoms with Crippen LogP contribution in [0, 0.1) is 23.4 Å². The molecule has 1 amide bonds. The van der Waals surface area contributed by atoms with Crippen LogP contribution >= 0.6 is 0 Å². The number of likely N-dealkylation sites (tertiary alicyclic amines) is 1. The summed E-state index contributed by atoms with van der Waals surface area (Å²) in [7, 11) is 0. The van der Waals surface area contributed by atoms with Crippen LogP contribution in [0.25, 0.3) is 0 Å². The van der Waals surface area contributed by atoms with Crippen LogP contribution in [0.5, 0.6) is 5.75 Å². The Balaban J connectivity index is 1.60. The normalized spacial score (nSPS) is 17.4. The van der Waals surface area contributed by atoms with Crippen molar-refractivity contribution in [1.29, 1.82) is 0 Å². The number of aromatic nitrogens is 1. The highest BCUT2D eigenvalue weighted by Crippen LogP contribution is 2.21. The van der Waals surface area contributed by atoms with Crippen molar-refractivity contribution >= 4 is 5.91 Å². The molecule has 1 aromatic carbocycles. The molecule has 0 saturated carbocycles. The number of carbonyl (C=O) groups excluding carboxylic acids is 1. The van der Waals surface area contributed by atoms with Crippen LogP contribution in [0.2, 0.25) is 0 Å². The molecule has 3 rings (SSSR count). The summed E-state index contributed by atoms with van der Waals surface area (Å²) in [6.07, 6.45) is 2.45. The third kappa shape index (κ3) is 4.29. The van der Waals surface area contributed by atoms with Gasteiger partial charge in [-0.2, -0.15) is 0 Å². The van der Waals surface area contributed by atoms with Gasteiger partial charge in [0.25, 0.3) is 5.91 Å². The molecule has 1 aromatic heterocycles. The van der Waals surface area contributed by atoms with Gasteiger partial charge in [-0.25, -0.2) is 18.2 Å². The van der Waals surface area contributed by atoms with Crippen LogP contribution in [-0.2, 0) is 0 Å². The molecule has 2 heterocycles. The molecule has 1 unspecified atom stereocenters. The fraction of sp³-hybridized carbons (Fsp3) is 0.333. The Kier molecular flexibility index (Phi) is 5.21. The number of piperidine rings is 1. The van der Waals surface area contributed by atoms with Crippen LogP contribution < -0.4 is 4.74 Å². The van der Waals surface area contributed by atoms with Crippen molar-refractivity contribution in [3.63, 3.8) is 0 Å². The molecule has 0 bridgehead atoms. The van der Waals surface area contributed by atoms with E-state index < -0.39 is 17.5 Å². The number of halogens is 3. The summed E-state index contributed by atoms with van der Waals surface area (Å²) in [4.78, 5) is 17.5. The minimum Gasteiger partial charge on any atom is -0.493 e. The van der Waals surface area contributed by atoms with Gasteiger partial charge in [-0.3, -0.25) is 4.79 Å². The Morgan fingerprint density at radius 3 is 2.68 bits per heavy atom. The van der Waals surface area contributed by atoms with Gasteiger partial charge in [-0.05, 0) is 37.1 Å². The molecule has 1 aliphatic heterocycles. The number of nitrogens with zero attached hydrogens (tertiary/aromatic N) is 2. The molecule has 7 heteroatoms. The molecule has 25 heavy (non-hydrogen) atoms. The molecule has 0 aliphatic carbocycles. The smallest absolute Gasteiger partial charge is 0.275 e. The quantitative estimate of drug-likeness (QED) is 0.848. The summed E-state index contributed by atoms with van der Waals surface area (Å²) in [6.45, 7) is 1.26. The zero-order chi connectivity index (χ0) is 17.8. The highest BCUT2D eigenvalue weighted by Gasteiger charge is 2.27. The van der Waals surface area contributed by atoms with Crippen molar-refractivity contribution in [3.05, 3.63) is 59.7 Å². The molecule has 1 saturated heterocycles. The molecule has 1 fully saturated rings. The van der Waals surface area contributed by atoms with E-state index in [2.05, 4.69) is 4.98 Å². The third-order valence-corrected chi connectivity index (χ3v) is 4.12. The Morgan fingerprint density at radius 1 is 1.20 bits per heavy atom. The Bertz CT molecular complexity index is 752. The van der Waals surface area contributed by atoms with Gasteiger partial charge in [0.1, 0.15) is 17.4 Å². The van der Waals surface area contributed by atoms with E-state index in [1.807, 2.05) is 0 Å². The van der Waals surface area contributed by atoms with Crippen molar-refractivity contribution in [3.8, 4) is 5.75 Å². The van der Waals surface area contributed by atoms with E-state index in [4.69, 9.17) is 4.74 Å². The molecule has 1 atom stereocenters. The molecule has 2 aromatic rings. The van der Waals surface area contributed by atoms with Crippen molar-refractivity contribution in [1.82, 2.24) is 9.88 Å². The maximum Gasteiger partial charge on any atom is 0.275 e. The van der Waals surface area contributed by atoms with Gasteiger partial charge in [0.15, 0.2) is 11.5 Å². The zero-order valence-electron chi connectivity index (χ0n) is 13.4. The van der Waals surface area contributed by atoms with Crippen molar-refractivity contribution in [2.75, 3.05) is 19.7 Å². The molecular weight excluding hydrogens is 333 g/mol. The first-order valence-corrected chi connectivity index (χ1v) is 8.01. The topological polar surface area (TPSA) is 42.4 Å². The molecule has 0 radical (unpaired) electrons. The van der Waals surface area contributed by atoms with Gasteiger partial charge in [-0.15, -0.1) is 0 Å². The second-order valence-corrected chi connectivity index (χ2v) is 6.01. The minimum atomic E-state index is -0.963. The predicted octanol–water partition coefficient (Wildman–Crippen LogP) is 3.43. The fourth-order valence-corrected chi connectivity index (χ4v) is 2.85. The number of carbonyl (C=O) groups is 1.